The fraction of sp³-hybridized carbons (Fsp3) is 0.231. The van der Waals surface area contributed by atoms with E-state index in [4.69, 9.17) is 13.9 Å². The number of nitrogens with one attached hydrogen (secondary N) is 1. The number of hydrogen-bond acceptors (Lipinski definition) is 5. The summed E-state index contributed by atoms with van der Waals surface area (Å²) in [7, 11) is 1.56. The molecule has 1 amide bonds. The minimum absolute atomic E-state index is 0.0867. The third-order valence-electron chi connectivity index (χ3n) is 5.51. The molecule has 188 valence electrons. The maximum absolute atomic E-state index is 13.0. The molecule has 2 heterocycles. The lowest BCUT2D eigenvalue weighted by atomic mass is 10.1. The molecule has 0 aliphatic carbocycles. The molecule has 4 rings (SSSR count). The van der Waals surface area contributed by atoms with Gasteiger partial charge in [-0.2, -0.15) is 18.3 Å². The first-order valence-corrected chi connectivity index (χ1v) is 11.0. The van der Waals surface area contributed by atoms with Gasteiger partial charge >= 0.3 is 6.18 Å². The van der Waals surface area contributed by atoms with E-state index in [1.165, 1.54) is 12.1 Å². The highest BCUT2D eigenvalue weighted by molar-refractivity contribution is 6.02. The van der Waals surface area contributed by atoms with Gasteiger partial charge in [0.1, 0.15) is 23.9 Å². The van der Waals surface area contributed by atoms with E-state index in [1.54, 1.807) is 62.0 Å². The topological polar surface area (TPSA) is 78.5 Å². The van der Waals surface area contributed by atoms with Gasteiger partial charge in [0, 0.05) is 6.07 Å². The summed E-state index contributed by atoms with van der Waals surface area (Å²) in [6.07, 6.45) is -4.43. The Bertz CT molecular complexity index is 1380. The number of anilines is 1. The monoisotopic (exact) mass is 499 g/mol. The highest BCUT2D eigenvalue weighted by atomic mass is 19.4. The van der Waals surface area contributed by atoms with Gasteiger partial charge < -0.3 is 19.2 Å². The lowest BCUT2D eigenvalue weighted by Gasteiger charge is -2.10. The predicted molar refractivity (Wildman–Crippen MR) is 126 cm³/mol. The van der Waals surface area contributed by atoms with Crippen LogP contribution >= 0.6 is 0 Å². The highest BCUT2D eigenvalue weighted by Gasteiger charge is 2.30. The third-order valence-corrected chi connectivity index (χ3v) is 5.51. The number of halogens is 3. The Kier molecular flexibility index (Phi) is 7.05. The number of furan rings is 1. The standard InChI is InChI=1S/C26H24F3N3O4/c1-16-24(17(2)32(31-16)14-18-6-4-7-19(12-18)26(27,28)29)30-25(33)23-11-10-22(36-23)15-35-21-9-5-8-20(13-21)34-3/h4-13H,14-15H2,1-3H3,(H,30,33). The SMILES string of the molecule is COc1cccc(OCc2ccc(C(=O)Nc3c(C)nn(Cc4cccc(C(F)(F)F)c4)c3C)o2)c1. The van der Waals surface area contributed by atoms with Crippen molar-refractivity contribution in [1.29, 1.82) is 0 Å². The second-order valence-electron chi connectivity index (χ2n) is 8.09. The number of aromatic nitrogens is 2. The number of hydrogen-bond donors (Lipinski definition) is 1. The van der Waals surface area contributed by atoms with E-state index in [-0.39, 0.29) is 18.9 Å². The summed E-state index contributed by atoms with van der Waals surface area (Å²) in [4.78, 5) is 12.8. The molecule has 0 unspecified atom stereocenters. The second-order valence-corrected chi connectivity index (χ2v) is 8.09. The van der Waals surface area contributed by atoms with Crippen LogP contribution in [0, 0.1) is 13.8 Å². The smallest absolute Gasteiger partial charge is 0.416 e. The van der Waals surface area contributed by atoms with Gasteiger partial charge in [-0.15, -0.1) is 0 Å². The van der Waals surface area contributed by atoms with Crippen molar-refractivity contribution in [2.75, 3.05) is 12.4 Å². The first-order valence-electron chi connectivity index (χ1n) is 11.0. The van der Waals surface area contributed by atoms with Gasteiger partial charge in [-0.1, -0.05) is 18.2 Å². The average molecular weight is 499 g/mol. The van der Waals surface area contributed by atoms with E-state index < -0.39 is 17.6 Å². The van der Waals surface area contributed by atoms with Crippen molar-refractivity contribution in [2.24, 2.45) is 0 Å². The normalized spacial score (nSPS) is 11.4. The van der Waals surface area contributed by atoms with Crippen molar-refractivity contribution in [1.82, 2.24) is 9.78 Å². The fourth-order valence-corrected chi connectivity index (χ4v) is 3.65. The molecule has 0 saturated heterocycles. The summed E-state index contributed by atoms with van der Waals surface area (Å²) >= 11 is 0. The van der Waals surface area contributed by atoms with Crippen molar-refractivity contribution in [3.8, 4) is 11.5 Å². The van der Waals surface area contributed by atoms with Crippen molar-refractivity contribution in [2.45, 2.75) is 33.2 Å². The molecule has 36 heavy (non-hydrogen) atoms. The van der Waals surface area contributed by atoms with E-state index in [2.05, 4.69) is 10.4 Å². The van der Waals surface area contributed by atoms with Crippen LogP contribution in [0.3, 0.4) is 0 Å². The first-order chi connectivity index (χ1) is 17.1. The molecule has 7 nitrogen and oxygen atoms in total. The Morgan fingerprint density at radius 3 is 2.56 bits per heavy atom. The maximum atomic E-state index is 13.0. The Balaban J connectivity index is 1.42. The zero-order valence-corrected chi connectivity index (χ0v) is 19.8. The molecule has 0 atom stereocenters. The van der Waals surface area contributed by atoms with Gasteiger partial charge in [0.05, 0.1) is 36.3 Å². The quantitative estimate of drug-likeness (QED) is 0.322. The van der Waals surface area contributed by atoms with E-state index in [1.807, 2.05) is 0 Å². The van der Waals surface area contributed by atoms with E-state index in [0.717, 1.165) is 12.1 Å². The number of rotatable bonds is 8. The molecule has 0 bridgehead atoms. The number of methoxy groups -OCH3 is 1. The van der Waals surface area contributed by atoms with Crippen LogP contribution in [-0.4, -0.2) is 22.8 Å². The molecule has 0 radical (unpaired) electrons. The average Bonchev–Trinajstić information content (AvgIpc) is 3.43. The lowest BCUT2D eigenvalue weighted by Crippen LogP contribution is -2.13. The molecule has 0 fully saturated rings. The summed E-state index contributed by atoms with van der Waals surface area (Å²) in [5.41, 5.74) is 1.32. The molecule has 2 aromatic heterocycles. The zero-order chi connectivity index (χ0) is 25.9. The molecule has 4 aromatic rings. The van der Waals surface area contributed by atoms with Crippen LogP contribution in [0.5, 0.6) is 11.5 Å². The number of nitrogens with zero attached hydrogens (tertiary/aromatic N) is 2. The minimum Gasteiger partial charge on any atom is -0.497 e. The summed E-state index contributed by atoms with van der Waals surface area (Å²) in [6, 6.07) is 15.4. The van der Waals surface area contributed by atoms with Crippen molar-refractivity contribution >= 4 is 11.6 Å². The van der Waals surface area contributed by atoms with Crippen LogP contribution in [0.15, 0.2) is 65.1 Å². The Morgan fingerprint density at radius 1 is 1.06 bits per heavy atom. The molecule has 10 heteroatoms. The van der Waals surface area contributed by atoms with Gasteiger partial charge in [-0.3, -0.25) is 9.48 Å². The molecule has 1 N–H and O–H groups in total. The van der Waals surface area contributed by atoms with Crippen LogP contribution in [0.1, 0.15) is 38.8 Å². The minimum atomic E-state index is -4.43. The highest BCUT2D eigenvalue weighted by Crippen LogP contribution is 2.30. The van der Waals surface area contributed by atoms with Crippen molar-refractivity contribution in [3.63, 3.8) is 0 Å². The van der Waals surface area contributed by atoms with E-state index in [0.29, 0.717) is 39.9 Å². The number of carbonyl (C=O) groups is 1. The van der Waals surface area contributed by atoms with Crippen molar-refractivity contribution < 1.29 is 31.9 Å². The summed E-state index contributed by atoms with van der Waals surface area (Å²) in [6.45, 7) is 3.69. The summed E-state index contributed by atoms with van der Waals surface area (Å²) in [5.74, 6) is 1.32. The lowest BCUT2D eigenvalue weighted by molar-refractivity contribution is -0.137. The molecule has 0 aliphatic rings. The first kappa shape index (κ1) is 24.9. The Labute approximate surface area is 205 Å². The zero-order valence-electron chi connectivity index (χ0n) is 19.8. The van der Waals surface area contributed by atoms with Crippen LogP contribution in [0.2, 0.25) is 0 Å². The largest absolute Gasteiger partial charge is 0.497 e. The number of aryl methyl sites for hydroxylation is 1. The predicted octanol–water partition coefficient (Wildman–Crippen LogP) is 6.00. The van der Waals surface area contributed by atoms with Crippen LogP contribution < -0.4 is 14.8 Å². The molecule has 0 saturated carbocycles. The second kappa shape index (κ2) is 10.2. The summed E-state index contributed by atoms with van der Waals surface area (Å²) < 4.78 is 57.1. The third kappa shape index (κ3) is 5.70. The number of amides is 1. The molecular formula is C26H24F3N3O4. The van der Waals surface area contributed by atoms with Gasteiger partial charge in [0.25, 0.3) is 5.91 Å². The maximum Gasteiger partial charge on any atom is 0.416 e. The number of benzene rings is 2. The van der Waals surface area contributed by atoms with Gasteiger partial charge in [0.2, 0.25) is 0 Å². The molecule has 0 spiro atoms. The Morgan fingerprint density at radius 2 is 1.81 bits per heavy atom. The van der Waals surface area contributed by atoms with Gasteiger partial charge in [-0.25, -0.2) is 0 Å². The van der Waals surface area contributed by atoms with E-state index >= 15 is 0 Å². The Hall–Kier alpha value is -4.21. The van der Waals surface area contributed by atoms with Crippen molar-refractivity contribution in [3.05, 3.63) is 94.7 Å². The fourth-order valence-electron chi connectivity index (χ4n) is 3.65. The van der Waals surface area contributed by atoms with Gasteiger partial charge in [0.15, 0.2) is 5.76 Å². The van der Waals surface area contributed by atoms with Gasteiger partial charge in [-0.05, 0) is 55.8 Å². The number of ether oxygens (including phenoxy) is 2. The van der Waals surface area contributed by atoms with Crippen LogP contribution in [0.4, 0.5) is 18.9 Å². The summed E-state index contributed by atoms with van der Waals surface area (Å²) in [5, 5.41) is 7.17. The number of alkyl halides is 3. The number of carbonyl (C=O) groups excluding carboxylic acids is 1. The molecule has 0 aliphatic heterocycles. The van der Waals surface area contributed by atoms with Crippen LogP contribution in [0.25, 0.3) is 0 Å². The molecular weight excluding hydrogens is 475 g/mol. The van der Waals surface area contributed by atoms with Crippen LogP contribution in [-0.2, 0) is 19.3 Å². The van der Waals surface area contributed by atoms with E-state index in [9.17, 15) is 18.0 Å². The molecule has 2 aromatic carbocycles.